The van der Waals surface area contributed by atoms with Crippen LogP contribution in [0.5, 0.6) is 0 Å². The number of nitrogens with one attached hydrogen (secondary N) is 2. The number of aliphatic hydroxyl groups is 1. The van der Waals surface area contributed by atoms with E-state index in [1.807, 2.05) is 24.3 Å². The molecule has 0 saturated heterocycles. The highest BCUT2D eigenvalue weighted by Crippen LogP contribution is 2.28. The van der Waals surface area contributed by atoms with Crippen LogP contribution in [-0.4, -0.2) is 27.7 Å². The Morgan fingerprint density at radius 1 is 1.26 bits per heavy atom. The number of anilines is 2. The van der Waals surface area contributed by atoms with Gasteiger partial charge in [-0.2, -0.15) is 4.98 Å². The van der Waals surface area contributed by atoms with E-state index in [4.69, 9.17) is 5.84 Å². The third kappa shape index (κ3) is 2.45. The molecule has 0 atom stereocenters. The van der Waals surface area contributed by atoms with Gasteiger partial charge in [-0.1, -0.05) is 12.1 Å². The zero-order valence-corrected chi connectivity index (χ0v) is 10.5. The molecule has 1 aromatic carbocycles. The quantitative estimate of drug-likeness (QED) is 0.485. The Bertz CT molecular complexity index is 582. The number of fused-ring (bicyclic) bond motifs is 1. The monoisotopic (exact) mass is 259 g/mol. The lowest BCUT2D eigenvalue weighted by atomic mass is 9.82. The molecule has 6 nitrogen and oxygen atoms in total. The summed E-state index contributed by atoms with van der Waals surface area (Å²) in [6, 6.07) is 7.80. The number of hydrazine groups is 1. The Morgan fingerprint density at radius 3 is 2.79 bits per heavy atom. The highest BCUT2D eigenvalue weighted by atomic mass is 16.3. The van der Waals surface area contributed by atoms with E-state index in [-0.39, 0.29) is 6.10 Å². The van der Waals surface area contributed by atoms with Crippen molar-refractivity contribution in [1.29, 1.82) is 0 Å². The van der Waals surface area contributed by atoms with Crippen molar-refractivity contribution < 1.29 is 5.11 Å². The molecule has 1 heterocycles. The molecule has 1 fully saturated rings. The fraction of sp³-hybridized carbons (Fsp3) is 0.385. The van der Waals surface area contributed by atoms with Gasteiger partial charge in [0.1, 0.15) is 5.82 Å². The van der Waals surface area contributed by atoms with Crippen LogP contribution in [0, 0.1) is 5.92 Å². The van der Waals surface area contributed by atoms with Gasteiger partial charge in [-0.05, 0) is 30.9 Å². The smallest absolute Gasteiger partial charge is 0.239 e. The van der Waals surface area contributed by atoms with E-state index < -0.39 is 0 Å². The van der Waals surface area contributed by atoms with Gasteiger partial charge < -0.3 is 10.4 Å². The number of hydrogen-bond acceptors (Lipinski definition) is 6. The van der Waals surface area contributed by atoms with Gasteiger partial charge in [-0.25, -0.2) is 10.8 Å². The van der Waals surface area contributed by atoms with E-state index >= 15 is 0 Å². The summed E-state index contributed by atoms with van der Waals surface area (Å²) in [5.41, 5.74) is 3.33. The lowest BCUT2D eigenvalue weighted by Gasteiger charge is -2.31. The Hall–Kier alpha value is -1.92. The number of aromatic nitrogens is 2. The summed E-state index contributed by atoms with van der Waals surface area (Å²) >= 11 is 0. The Balaban J connectivity index is 1.84. The maximum Gasteiger partial charge on any atom is 0.239 e. The highest BCUT2D eigenvalue weighted by molar-refractivity contribution is 5.89. The molecule has 6 heteroatoms. The van der Waals surface area contributed by atoms with Crippen molar-refractivity contribution >= 4 is 22.7 Å². The second kappa shape index (κ2) is 4.99. The lowest BCUT2D eigenvalue weighted by Crippen LogP contribution is -2.33. The van der Waals surface area contributed by atoms with Gasteiger partial charge in [-0.3, -0.25) is 5.43 Å². The normalized spacial score (nSPS) is 22.0. The number of hydrogen-bond donors (Lipinski definition) is 4. The molecule has 0 radical (unpaired) electrons. The number of benzene rings is 1. The van der Waals surface area contributed by atoms with Crippen LogP contribution >= 0.6 is 0 Å². The van der Waals surface area contributed by atoms with Crippen molar-refractivity contribution in [3.63, 3.8) is 0 Å². The summed E-state index contributed by atoms with van der Waals surface area (Å²) in [6.07, 6.45) is 1.59. The molecule has 0 bridgehead atoms. The van der Waals surface area contributed by atoms with Gasteiger partial charge in [0.15, 0.2) is 0 Å². The van der Waals surface area contributed by atoms with Crippen molar-refractivity contribution in [3.05, 3.63) is 24.3 Å². The number of nitrogens with zero attached hydrogens (tertiary/aromatic N) is 2. The third-order valence-corrected chi connectivity index (χ3v) is 3.50. The summed E-state index contributed by atoms with van der Waals surface area (Å²) in [5, 5.41) is 13.6. The minimum absolute atomic E-state index is 0.129. The molecule has 1 saturated carbocycles. The summed E-state index contributed by atoms with van der Waals surface area (Å²) in [5.74, 6) is 7.07. The number of aliphatic hydroxyl groups excluding tert-OH is 1. The number of nitrogen functional groups attached to an aromatic ring is 1. The van der Waals surface area contributed by atoms with E-state index in [1.165, 1.54) is 0 Å². The molecular weight excluding hydrogens is 242 g/mol. The zero-order valence-electron chi connectivity index (χ0n) is 10.5. The van der Waals surface area contributed by atoms with Crippen LogP contribution < -0.4 is 16.6 Å². The average molecular weight is 259 g/mol. The van der Waals surface area contributed by atoms with E-state index in [1.54, 1.807) is 0 Å². The van der Waals surface area contributed by atoms with Gasteiger partial charge >= 0.3 is 0 Å². The minimum atomic E-state index is -0.129. The first-order valence-corrected chi connectivity index (χ1v) is 6.41. The second-order valence-electron chi connectivity index (χ2n) is 4.93. The molecule has 3 rings (SSSR count). The fourth-order valence-electron chi connectivity index (χ4n) is 2.38. The lowest BCUT2D eigenvalue weighted by molar-refractivity contribution is 0.0486. The van der Waals surface area contributed by atoms with Crippen LogP contribution in [0.15, 0.2) is 24.3 Å². The summed E-state index contributed by atoms with van der Waals surface area (Å²) in [6.45, 7) is 0.808. The number of nitrogens with two attached hydrogens (primary N) is 1. The molecule has 0 spiro atoms. The molecule has 1 aliphatic carbocycles. The first kappa shape index (κ1) is 12.1. The molecule has 100 valence electrons. The summed E-state index contributed by atoms with van der Waals surface area (Å²) in [7, 11) is 0. The van der Waals surface area contributed by atoms with Crippen LogP contribution in [0.2, 0.25) is 0 Å². The van der Waals surface area contributed by atoms with E-state index in [0.29, 0.717) is 11.9 Å². The SMILES string of the molecule is NNc1nc(NCC2CC(O)C2)c2ccccc2n1. The zero-order chi connectivity index (χ0) is 13.2. The Labute approximate surface area is 111 Å². The van der Waals surface area contributed by atoms with E-state index in [0.717, 1.165) is 36.1 Å². The number of para-hydroxylation sites is 1. The Kier molecular flexibility index (Phi) is 3.18. The van der Waals surface area contributed by atoms with Crippen molar-refractivity contribution in [1.82, 2.24) is 9.97 Å². The van der Waals surface area contributed by atoms with Crippen molar-refractivity contribution in [2.24, 2.45) is 11.8 Å². The van der Waals surface area contributed by atoms with Crippen LogP contribution in [0.3, 0.4) is 0 Å². The van der Waals surface area contributed by atoms with Crippen LogP contribution in [0.1, 0.15) is 12.8 Å². The largest absolute Gasteiger partial charge is 0.393 e. The average Bonchev–Trinajstić information content (AvgIpc) is 2.41. The van der Waals surface area contributed by atoms with Crippen molar-refractivity contribution in [2.45, 2.75) is 18.9 Å². The summed E-state index contributed by atoms with van der Waals surface area (Å²) < 4.78 is 0. The van der Waals surface area contributed by atoms with Crippen LogP contribution in [-0.2, 0) is 0 Å². The summed E-state index contributed by atoms with van der Waals surface area (Å²) in [4.78, 5) is 8.65. The van der Waals surface area contributed by atoms with E-state index in [9.17, 15) is 5.11 Å². The topological polar surface area (TPSA) is 96.1 Å². The Morgan fingerprint density at radius 2 is 2.05 bits per heavy atom. The second-order valence-corrected chi connectivity index (χ2v) is 4.93. The third-order valence-electron chi connectivity index (χ3n) is 3.50. The first-order valence-electron chi connectivity index (χ1n) is 6.41. The number of rotatable bonds is 4. The van der Waals surface area contributed by atoms with Gasteiger partial charge in [0.25, 0.3) is 0 Å². The van der Waals surface area contributed by atoms with Crippen LogP contribution in [0.4, 0.5) is 11.8 Å². The minimum Gasteiger partial charge on any atom is -0.393 e. The molecule has 0 amide bonds. The van der Waals surface area contributed by atoms with Gasteiger partial charge in [0, 0.05) is 11.9 Å². The predicted molar refractivity (Wildman–Crippen MR) is 74.6 cm³/mol. The molecular formula is C13H17N5O. The maximum absolute atomic E-state index is 9.29. The van der Waals surface area contributed by atoms with Gasteiger partial charge in [-0.15, -0.1) is 0 Å². The molecule has 1 aromatic heterocycles. The fourth-order valence-corrected chi connectivity index (χ4v) is 2.38. The maximum atomic E-state index is 9.29. The van der Waals surface area contributed by atoms with Gasteiger partial charge in [0.05, 0.1) is 11.6 Å². The van der Waals surface area contributed by atoms with Crippen molar-refractivity contribution in [3.8, 4) is 0 Å². The molecule has 0 aliphatic heterocycles. The molecule has 1 aliphatic rings. The first-order chi connectivity index (χ1) is 9.26. The molecule has 0 unspecified atom stereocenters. The highest BCUT2D eigenvalue weighted by Gasteiger charge is 2.26. The van der Waals surface area contributed by atoms with Gasteiger partial charge in [0.2, 0.25) is 5.95 Å². The van der Waals surface area contributed by atoms with Crippen LogP contribution in [0.25, 0.3) is 10.9 Å². The molecule has 19 heavy (non-hydrogen) atoms. The molecule has 5 N–H and O–H groups in total. The van der Waals surface area contributed by atoms with E-state index in [2.05, 4.69) is 20.7 Å². The van der Waals surface area contributed by atoms with Crippen molar-refractivity contribution in [2.75, 3.05) is 17.3 Å². The standard InChI is InChI=1S/C13H17N5O/c14-18-13-16-11-4-2-1-3-10(11)12(17-13)15-7-8-5-9(19)6-8/h1-4,8-9,19H,5-7,14H2,(H2,15,16,17,18). The predicted octanol–water partition coefficient (Wildman–Crippen LogP) is 1.10. The molecule has 2 aromatic rings.